The van der Waals surface area contributed by atoms with Crippen LogP contribution in [0, 0.1) is 0 Å². The summed E-state index contributed by atoms with van der Waals surface area (Å²) in [4.78, 5) is 1.31. The second-order valence-corrected chi connectivity index (χ2v) is 4.19. The predicted molar refractivity (Wildman–Crippen MR) is 63.5 cm³/mol. The Kier molecular flexibility index (Phi) is 2.55. The minimum atomic E-state index is 0.896. The second kappa shape index (κ2) is 3.84. The number of hydrogen-bond acceptors (Lipinski definition) is 2. The Bertz CT molecular complexity index is 418. The Balaban J connectivity index is 2.46. The van der Waals surface area contributed by atoms with Crippen molar-refractivity contribution in [2.75, 3.05) is 5.73 Å². The van der Waals surface area contributed by atoms with E-state index in [4.69, 9.17) is 5.73 Å². The van der Waals surface area contributed by atoms with Crippen molar-refractivity contribution in [2.45, 2.75) is 13.3 Å². The van der Waals surface area contributed by atoms with Crippen LogP contribution in [0.15, 0.2) is 35.7 Å². The number of nitrogens with two attached hydrogens (primary N) is 1. The first-order chi connectivity index (χ1) is 6.81. The Morgan fingerprint density at radius 3 is 2.79 bits per heavy atom. The van der Waals surface area contributed by atoms with Gasteiger partial charge < -0.3 is 5.73 Å². The highest BCUT2D eigenvalue weighted by Gasteiger charge is 2.01. The third kappa shape index (κ3) is 1.66. The molecule has 0 amide bonds. The van der Waals surface area contributed by atoms with Crippen molar-refractivity contribution in [1.82, 2.24) is 0 Å². The van der Waals surface area contributed by atoms with Crippen LogP contribution in [-0.2, 0) is 6.42 Å². The van der Waals surface area contributed by atoms with Crippen LogP contribution in [0.1, 0.15) is 12.5 Å². The van der Waals surface area contributed by atoms with Crippen LogP contribution < -0.4 is 5.73 Å². The monoisotopic (exact) mass is 203 g/mol. The van der Waals surface area contributed by atoms with E-state index in [1.807, 2.05) is 6.07 Å². The number of rotatable bonds is 2. The smallest absolute Gasteiger partial charge is 0.0346 e. The summed E-state index contributed by atoms with van der Waals surface area (Å²) >= 11 is 1.76. The fraction of sp³-hybridized carbons (Fsp3) is 0.167. The van der Waals surface area contributed by atoms with Crippen molar-refractivity contribution in [2.24, 2.45) is 0 Å². The van der Waals surface area contributed by atoms with Gasteiger partial charge in [-0.25, -0.2) is 0 Å². The molecule has 0 fully saturated rings. The van der Waals surface area contributed by atoms with Crippen molar-refractivity contribution < 1.29 is 0 Å². The Labute approximate surface area is 88.2 Å². The summed E-state index contributed by atoms with van der Waals surface area (Å²) in [5.74, 6) is 0. The van der Waals surface area contributed by atoms with E-state index in [9.17, 15) is 0 Å². The van der Waals surface area contributed by atoms with Crippen LogP contribution in [0.2, 0.25) is 0 Å². The lowest BCUT2D eigenvalue weighted by atomic mass is 10.1. The van der Waals surface area contributed by atoms with Gasteiger partial charge in [-0.15, -0.1) is 11.3 Å². The third-order valence-electron chi connectivity index (χ3n) is 2.33. The van der Waals surface area contributed by atoms with Crippen molar-refractivity contribution in [3.63, 3.8) is 0 Å². The van der Waals surface area contributed by atoms with E-state index >= 15 is 0 Å². The molecule has 0 spiro atoms. The van der Waals surface area contributed by atoms with Gasteiger partial charge in [0.05, 0.1) is 0 Å². The van der Waals surface area contributed by atoms with E-state index in [-0.39, 0.29) is 0 Å². The Morgan fingerprint density at radius 2 is 2.14 bits per heavy atom. The maximum Gasteiger partial charge on any atom is 0.0346 e. The van der Waals surface area contributed by atoms with Crippen molar-refractivity contribution in [3.8, 4) is 10.4 Å². The quantitative estimate of drug-likeness (QED) is 0.742. The van der Waals surface area contributed by atoms with Gasteiger partial charge in [0.1, 0.15) is 0 Å². The van der Waals surface area contributed by atoms with Crippen LogP contribution in [0.25, 0.3) is 10.4 Å². The van der Waals surface area contributed by atoms with Crippen LogP contribution in [-0.4, -0.2) is 0 Å². The number of nitrogen functional groups attached to an aromatic ring is 1. The molecule has 0 atom stereocenters. The minimum Gasteiger partial charge on any atom is -0.399 e. The number of benzene rings is 1. The average Bonchev–Trinajstić information content (AvgIpc) is 2.71. The van der Waals surface area contributed by atoms with Gasteiger partial charge in [0.25, 0.3) is 0 Å². The van der Waals surface area contributed by atoms with Gasteiger partial charge in [-0.2, -0.15) is 0 Å². The van der Waals surface area contributed by atoms with Gasteiger partial charge in [0.15, 0.2) is 0 Å². The van der Waals surface area contributed by atoms with Crippen LogP contribution >= 0.6 is 11.3 Å². The van der Waals surface area contributed by atoms with E-state index in [0.29, 0.717) is 0 Å². The molecule has 0 saturated heterocycles. The van der Waals surface area contributed by atoms with E-state index in [0.717, 1.165) is 12.1 Å². The van der Waals surface area contributed by atoms with Crippen molar-refractivity contribution in [3.05, 3.63) is 41.3 Å². The fourth-order valence-corrected chi connectivity index (χ4v) is 2.23. The molecule has 0 aliphatic rings. The summed E-state index contributed by atoms with van der Waals surface area (Å²) in [5, 5.41) is 2.09. The summed E-state index contributed by atoms with van der Waals surface area (Å²) in [6.45, 7) is 2.13. The molecule has 2 heteroatoms. The minimum absolute atomic E-state index is 0.896. The zero-order valence-electron chi connectivity index (χ0n) is 8.16. The van der Waals surface area contributed by atoms with E-state index in [1.54, 1.807) is 11.3 Å². The zero-order valence-corrected chi connectivity index (χ0v) is 8.97. The van der Waals surface area contributed by atoms with Gasteiger partial charge >= 0.3 is 0 Å². The van der Waals surface area contributed by atoms with Gasteiger partial charge in [-0.1, -0.05) is 19.1 Å². The van der Waals surface area contributed by atoms with Gasteiger partial charge in [-0.05, 0) is 41.1 Å². The SMILES string of the molecule is CCc1cc(-c2cccs2)ccc1N. The summed E-state index contributed by atoms with van der Waals surface area (Å²) in [5.41, 5.74) is 9.25. The maximum absolute atomic E-state index is 5.86. The summed E-state index contributed by atoms with van der Waals surface area (Å²) in [6.07, 6.45) is 0.991. The summed E-state index contributed by atoms with van der Waals surface area (Å²) in [7, 11) is 0. The molecule has 14 heavy (non-hydrogen) atoms. The van der Waals surface area contributed by atoms with Gasteiger partial charge in [0.2, 0.25) is 0 Å². The number of anilines is 1. The molecular weight excluding hydrogens is 190 g/mol. The molecule has 2 aromatic rings. The molecule has 0 bridgehead atoms. The molecule has 0 aliphatic carbocycles. The Morgan fingerprint density at radius 1 is 1.29 bits per heavy atom. The lowest BCUT2D eigenvalue weighted by molar-refractivity contribution is 1.15. The summed E-state index contributed by atoms with van der Waals surface area (Å²) < 4.78 is 0. The highest BCUT2D eigenvalue weighted by molar-refractivity contribution is 7.13. The molecular formula is C12H13NS. The maximum atomic E-state index is 5.86. The van der Waals surface area contributed by atoms with Gasteiger partial charge in [0, 0.05) is 10.6 Å². The molecule has 0 radical (unpaired) electrons. The fourth-order valence-electron chi connectivity index (χ4n) is 1.51. The lowest BCUT2D eigenvalue weighted by Gasteiger charge is -2.05. The number of thiophene rings is 1. The summed E-state index contributed by atoms with van der Waals surface area (Å²) in [6, 6.07) is 10.5. The molecule has 72 valence electrons. The van der Waals surface area contributed by atoms with E-state index < -0.39 is 0 Å². The zero-order chi connectivity index (χ0) is 9.97. The Hall–Kier alpha value is -1.28. The topological polar surface area (TPSA) is 26.0 Å². The molecule has 1 aromatic heterocycles. The third-order valence-corrected chi connectivity index (χ3v) is 3.25. The average molecular weight is 203 g/mol. The first-order valence-electron chi connectivity index (χ1n) is 4.73. The van der Waals surface area contributed by atoms with Crippen molar-refractivity contribution in [1.29, 1.82) is 0 Å². The largest absolute Gasteiger partial charge is 0.399 e. The molecule has 1 heterocycles. The van der Waals surface area contributed by atoms with Crippen LogP contribution in [0.5, 0.6) is 0 Å². The standard InChI is InChI=1S/C12H13NS/c1-2-9-8-10(5-6-11(9)13)12-4-3-7-14-12/h3-8H,2,13H2,1H3. The lowest BCUT2D eigenvalue weighted by Crippen LogP contribution is -1.92. The first-order valence-corrected chi connectivity index (χ1v) is 5.61. The molecule has 1 nitrogen and oxygen atoms in total. The molecule has 2 rings (SSSR count). The number of hydrogen-bond donors (Lipinski definition) is 1. The first kappa shape index (κ1) is 9.28. The highest BCUT2D eigenvalue weighted by Crippen LogP contribution is 2.27. The molecule has 0 aliphatic heterocycles. The van der Waals surface area contributed by atoms with Gasteiger partial charge in [-0.3, -0.25) is 0 Å². The highest BCUT2D eigenvalue weighted by atomic mass is 32.1. The normalized spacial score (nSPS) is 10.4. The second-order valence-electron chi connectivity index (χ2n) is 3.24. The molecule has 0 unspecified atom stereocenters. The van der Waals surface area contributed by atoms with Crippen LogP contribution in [0.3, 0.4) is 0 Å². The molecule has 1 aromatic carbocycles. The molecule has 2 N–H and O–H groups in total. The van der Waals surface area contributed by atoms with E-state index in [2.05, 4.69) is 36.6 Å². The van der Waals surface area contributed by atoms with E-state index in [1.165, 1.54) is 16.0 Å². The predicted octanol–water partition coefficient (Wildman–Crippen LogP) is 3.56. The molecule has 0 saturated carbocycles. The van der Waals surface area contributed by atoms with Crippen molar-refractivity contribution >= 4 is 17.0 Å². The number of aryl methyl sites for hydroxylation is 1. The van der Waals surface area contributed by atoms with Crippen LogP contribution in [0.4, 0.5) is 5.69 Å².